The summed E-state index contributed by atoms with van der Waals surface area (Å²) in [6.07, 6.45) is 0.0980. The average Bonchev–Trinajstić information content (AvgIpc) is 2.55. The summed E-state index contributed by atoms with van der Waals surface area (Å²) in [5.74, 6) is -0.258. The van der Waals surface area contributed by atoms with Gasteiger partial charge >= 0.3 is 0 Å². The van der Waals surface area contributed by atoms with Crippen molar-refractivity contribution in [2.24, 2.45) is 0 Å². The van der Waals surface area contributed by atoms with Crippen LogP contribution in [0.25, 0.3) is 0 Å². The number of hydrogen-bond donors (Lipinski definition) is 2. The SMILES string of the molecule is COc1cccc(CC(=O)NNC(=O)c2cc(Cl)ccc2Cl)c1. The topological polar surface area (TPSA) is 67.4 Å². The van der Waals surface area contributed by atoms with Gasteiger partial charge in [-0.25, -0.2) is 0 Å². The van der Waals surface area contributed by atoms with Crippen LogP contribution in [0.2, 0.25) is 10.0 Å². The highest BCUT2D eigenvalue weighted by Crippen LogP contribution is 2.20. The molecular weight excluding hydrogens is 339 g/mol. The van der Waals surface area contributed by atoms with Crippen molar-refractivity contribution in [2.45, 2.75) is 6.42 Å². The molecule has 0 aromatic heterocycles. The van der Waals surface area contributed by atoms with E-state index in [0.717, 1.165) is 5.56 Å². The second kappa shape index (κ2) is 7.85. The maximum Gasteiger partial charge on any atom is 0.271 e. The highest BCUT2D eigenvalue weighted by atomic mass is 35.5. The predicted molar refractivity (Wildman–Crippen MR) is 88.8 cm³/mol. The minimum Gasteiger partial charge on any atom is -0.497 e. The van der Waals surface area contributed by atoms with E-state index in [9.17, 15) is 9.59 Å². The van der Waals surface area contributed by atoms with E-state index >= 15 is 0 Å². The van der Waals surface area contributed by atoms with Crippen molar-refractivity contribution in [3.8, 4) is 5.75 Å². The van der Waals surface area contributed by atoms with Crippen LogP contribution in [0, 0.1) is 0 Å². The molecule has 23 heavy (non-hydrogen) atoms. The number of benzene rings is 2. The van der Waals surface area contributed by atoms with Crippen LogP contribution in [0.5, 0.6) is 5.75 Å². The van der Waals surface area contributed by atoms with Gasteiger partial charge in [0.05, 0.1) is 24.1 Å². The lowest BCUT2D eigenvalue weighted by atomic mass is 10.1. The maximum atomic E-state index is 12.0. The van der Waals surface area contributed by atoms with Crippen LogP contribution in [0.4, 0.5) is 0 Å². The van der Waals surface area contributed by atoms with E-state index < -0.39 is 5.91 Å². The molecule has 7 heteroatoms. The molecule has 0 aliphatic rings. The highest BCUT2D eigenvalue weighted by molar-refractivity contribution is 6.35. The van der Waals surface area contributed by atoms with Gasteiger partial charge in [0.1, 0.15) is 5.75 Å². The fourth-order valence-electron chi connectivity index (χ4n) is 1.88. The van der Waals surface area contributed by atoms with Crippen LogP contribution < -0.4 is 15.6 Å². The summed E-state index contributed by atoms with van der Waals surface area (Å²) < 4.78 is 5.09. The van der Waals surface area contributed by atoms with Crippen molar-refractivity contribution in [2.75, 3.05) is 7.11 Å². The minimum absolute atomic E-state index is 0.0980. The number of ether oxygens (including phenoxy) is 1. The Labute approximate surface area is 143 Å². The van der Waals surface area contributed by atoms with Crippen LogP contribution in [-0.2, 0) is 11.2 Å². The van der Waals surface area contributed by atoms with Gasteiger partial charge in [0.25, 0.3) is 5.91 Å². The Kier molecular flexibility index (Phi) is 5.84. The zero-order chi connectivity index (χ0) is 16.8. The summed E-state index contributed by atoms with van der Waals surface area (Å²) in [4.78, 5) is 23.9. The molecule has 0 aliphatic carbocycles. The molecule has 2 amide bonds. The Bertz CT molecular complexity index is 735. The molecule has 2 N–H and O–H groups in total. The molecule has 2 aromatic rings. The number of carbonyl (C=O) groups excluding carboxylic acids is 2. The Balaban J connectivity index is 1.93. The normalized spacial score (nSPS) is 10.0. The Morgan fingerprint density at radius 2 is 1.87 bits per heavy atom. The summed E-state index contributed by atoms with van der Waals surface area (Å²) in [5.41, 5.74) is 5.58. The molecule has 0 atom stereocenters. The third-order valence-electron chi connectivity index (χ3n) is 2.99. The molecule has 2 rings (SSSR count). The quantitative estimate of drug-likeness (QED) is 0.831. The fourth-order valence-corrected chi connectivity index (χ4v) is 2.25. The Morgan fingerprint density at radius 1 is 1.09 bits per heavy atom. The van der Waals surface area contributed by atoms with Gasteiger partial charge in [-0.3, -0.25) is 20.4 Å². The molecule has 2 aromatic carbocycles. The van der Waals surface area contributed by atoms with Crippen LogP contribution in [0.1, 0.15) is 15.9 Å². The highest BCUT2D eigenvalue weighted by Gasteiger charge is 2.12. The Hall–Kier alpha value is -2.24. The monoisotopic (exact) mass is 352 g/mol. The smallest absolute Gasteiger partial charge is 0.271 e. The summed E-state index contributed by atoms with van der Waals surface area (Å²) in [6.45, 7) is 0. The van der Waals surface area contributed by atoms with E-state index in [-0.39, 0.29) is 22.9 Å². The van der Waals surface area contributed by atoms with Gasteiger partial charge in [-0.1, -0.05) is 35.3 Å². The van der Waals surface area contributed by atoms with E-state index in [1.54, 1.807) is 37.4 Å². The van der Waals surface area contributed by atoms with Crippen LogP contribution >= 0.6 is 23.2 Å². The molecule has 0 spiro atoms. The van der Waals surface area contributed by atoms with Crippen molar-refractivity contribution >= 4 is 35.0 Å². The van der Waals surface area contributed by atoms with Crippen LogP contribution in [0.15, 0.2) is 42.5 Å². The lowest BCUT2D eigenvalue weighted by Crippen LogP contribution is -2.42. The first-order chi connectivity index (χ1) is 11.0. The van der Waals surface area contributed by atoms with Crippen molar-refractivity contribution < 1.29 is 14.3 Å². The molecule has 0 aliphatic heterocycles. The third-order valence-corrected chi connectivity index (χ3v) is 3.55. The molecule has 0 bridgehead atoms. The van der Waals surface area contributed by atoms with Gasteiger partial charge in [-0.05, 0) is 35.9 Å². The van der Waals surface area contributed by atoms with Crippen molar-refractivity contribution in [3.63, 3.8) is 0 Å². The molecule has 0 heterocycles. The number of nitrogens with one attached hydrogen (secondary N) is 2. The summed E-state index contributed by atoms with van der Waals surface area (Å²) >= 11 is 11.7. The average molecular weight is 353 g/mol. The van der Waals surface area contributed by atoms with Crippen LogP contribution in [-0.4, -0.2) is 18.9 Å². The van der Waals surface area contributed by atoms with Gasteiger partial charge in [0.2, 0.25) is 5.91 Å². The first kappa shape index (κ1) is 17.1. The minimum atomic E-state index is -0.545. The largest absolute Gasteiger partial charge is 0.497 e. The Morgan fingerprint density at radius 3 is 2.61 bits per heavy atom. The molecule has 5 nitrogen and oxygen atoms in total. The molecule has 0 radical (unpaired) electrons. The fraction of sp³-hybridized carbons (Fsp3) is 0.125. The second-order valence-corrected chi connectivity index (χ2v) is 5.50. The van der Waals surface area contributed by atoms with Gasteiger partial charge in [-0.15, -0.1) is 0 Å². The van der Waals surface area contributed by atoms with Crippen LogP contribution in [0.3, 0.4) is 0 Å². The van der Waals surface area contributed by atoms with E-state index in [1.165, 1.54) is 12.1 Å². The van der Waals surface area contributed by atoms with Gasteiger partial charge < -0.3 is 4.74 Å². The van der Waals surface area contributed by atoms with Crippen molar-refractivity contribution in [1.29, 1.82) is 0 Å². The molecule has 0 fully saturated rings. The number of hydrazine groups is 1. The summed E-state index contributed by atoms with van der Waals surface area (Å²) in [6, 6.07) is 11.6. The molecular formula is C16H14Cl2N2O3. The molecule has 0 saturated heterocycles. The first-order valence-electron chi connectivity index (χ1n) is 6.67. The number of rotatable bonds is 4. The van der Waals surface area contributed by atoms with Gasteiger partial charge in [-0.2, -0.15) is 0 Å². The third kappa shape index (κ3) is 4.87. The van der Waals surface area contributed by atoms with Crippen molar-refractivity contribution in [3.05, 3.63) is 63.6 Å². The number of hydrogen-bond acceptors (Lipinski definition) is 3. The maximum absolute atomic E-state index is 12.0. The first-order valence-corrected chi connectivity index (χ1v) is 7.42. The van der Waals surface area contributed by atoms with E-state index in [1.807, 2.05) is 0 Å². The van der Waals surface area contributed by atoms with E-state index in [0.29, 0.717) is 10.8 Å². The second-order valence-electron chi connectivity index (χ2n) is 4.65. The van der Waals surface area contributed by atoms with Gasteiger partial charge in [0.15, 0.2) is 0 Å². The number of carbonyl (C=O) groups is 2. The van der Waals surface area contributed by atoms with Gasteiger partial charge in [0, 0.05) is 5.02 Å². The molecule has 0 saturated carbocycles. The number of methoxy groups -OCH3 is 1. The van der Waals surface area contributed by atoms with Crippen molar-refractivity contribution in [1.82, 2.24) is 10.9 Å². The van der Waals surface area contributed by atoms with E-state index in [4.69, 9.17) is 27.9 Å². The summed E-state index contributed by atoms with van der Waals surface area (Å²) in [5, 5.41) is 0.621. The van der Waals surface area contributed by atoms with E-state index in [2.05, 4.69) is 10.9 Å². The molecule has 0 unspecified atom stereocenters. The summed E-state index contributed by atoms with van der Waals surface area (Å²) in [7, 11) is 1.55. The number of amides is 2. The molecule has 120 valence electrons. The lowest BCUT2D eigenvalue weighted by molar-refractivity contribution is -0.121. The zero-order valence-corrected chi connectivity index (χ0v) is 13.7. The predicted octanol–water partition coefficient (Wildman–Crippen LogP) is 3.01. The standard InChI is InChI=1S/C16H14Cl2N2O3/c1-23-12-4-2-3-10(7-12)8-15(21)19-20-16(22)13-9-11(17)5-6-14(13)18/h2-7,9H,8H2,1H3,(H,19,21)(H,20,22). The zero-order valence-electron chi connectivity index (χ0n) is 12.2. The number of halogens is 2. The lowest BCUT2D eigenvalue weighted by Gasteiger charge is -2.09.